The molecule has 1 saturated carbocycles. The highest BCUT2D eigenvalue weighted by Crippen LogP contribution is 2.28. The lowest BCUT2D eigenvalue weighted by molar-refractivity contribution is -0.131. The molecule has 1 unspecified atom stereocenters. The van der Waals surface area contributed by atoms with Gasteiger partial charge in [0.1, 0.15) is 11.7 Å². The molecule has 0 bridgehead atoms. The first-order valence-corrected chi connectivity index (χ1v) is 8.82. The number of carbonyl (C=O) groups excluding carboxylic acids is 2. The summed E-state index contributed by atoms with van der Waals surface area (Å²) < 4.78 is 5.83. The molecule has 1 aliphatic heterocycles. The molecule has 1 aliphatic carbocycles. The summed E-state index contributed by atoms with van der Waals surface area (Å²) in [5.41, 5.74) is 5.63. The minimum Gasteiger partial charge on any atom is -0.472 e. The second kappa shape index (κ2) is 7.64. The molecule has 2 N–H and O–H groups in total. The standard InChI is InChI=1S/C18H25N3O3/c19-17(23)15-7-4-9-20-18(15)24-14-8-10-21(12-14)16(22)11-13-5-2-1-3-6-13/h4,7,9,13-14H,1-3,5-6,8,10-12H2,(H2,19,23). The first-order chi connectivity index (χ1) is 11.6. The second-order valence-electron chi connectivity index (χ2n) is 6.80. The van der Waals surface area contributed by atoms with Crippen LogP contribution in [0.4, 0.5) is 0 Å². The van der Waals surface area contributed by atoms with Crippen molar-refractivity contribution in [3.8, 4) is 5.88 Å². The molecule has 2 aliphatic rings. The molecule has 2 heterocycles. The van der Waals surface area contributed by atoms with Gasteiger partial charge in [0.2, 0.25) is 11.8 Å². The van der Waals surface area contributed by atoms with Crippen molar-refractivity contribution in [1.29, 1.82) is 0 Å². The van der Waals surface area contributed by atoms with E-state index >= 15 is 0 Å². The molecule has 0 aromatic carbocycles. The molecule has 1 saturated heterocycles. The van der Waals surface area contributed by atoms with E-state index in [2.05, 4.69) is 4.98 Å². The molecular formula is C18H25N3O3. The summed E-state index contributed by atoms with van der Waals surface area (Å²) in [4.78, 5) is 29.9. The zero-order valence-electron chi connectivity index (χ0n) is 13.9. The largest absolute Gasteiger partial charge is 0.472 e. The highest BCUT2D eigenvalue weighted by Gasteiger charge is 2.30. The van der Waals surface area contributed by atoms with Crippen LogP contribution in [0, 0.1) is 5.92 Å². The highest BCUT2D eigenvalue weighted by molar-refractivity contribution is 5.94. The van der Waals surface area contributed by atoms with Crippen LogP contribution in [0.25, 0.3) is 0 Å². The van der Waals surface area contributed by atoms with Gasteiger partial charge in [0.15, 0.2) is 0 Å². The summed E-state index contributed by atoms with van der Waals surface area (Å²) >= 11 is 0. The molecule has 0 spiro atoms. The number of rotatable bonds is 5. The van der Waals surface area contributed by atoms with Gasteiger partial charge in [0.25, 0.3) is 5.91 Å². The molecule has 6 nitrogen and oxygen atoms in total. The maximum atomic E-state index is 12.5. The maximum Gasteiger partial charge on any atom is 0.254 e. The van der Waals surface area contributed by atoms with E-state index in [1.807, 2.05) is 4.90 Å². The Labute approximate surface area is 142 Å². The van der Waals surface area contributed by atoms with E-state index in [9.17, 15) is 9.59 Å². The number of nitrogens with zero attached hydrogens (tertiary/aromatic N) is 2. The highest BCUT2D eigenvalue weighted by atomic mass is 16.5. The van der Waals surface area contributed by atoms with Gasteiger partial charge in [-0.1, -0.05) is 19.3 Å². The molecule has 0 radical (unpaired) electrons. The fraction of sp³-hybridized carbons (Fsp3) is 0.611. The lowest BCUT2D eigenvalue weighted by Crippen LogP contribution is -2.32. The number of hydrogen-bond donors (Lipinski definition) is 1. The van der Waals surface area contributed by atoms with Gasteiger partial charge in [-0.3, -0.25) is 9.59 Å². The number of amides is 2. The Morgan fingerprint density at radius 2 is 2.04 bits per heavy atom. The summed E-state index contributed by atoms with van der Waals surface area (Å²) in [5.74, 6) is 0.477. The Balaban J connectivity index is 1.53. The topological polar surface area (TPSA) is 85.5 Å². The molecule has 2 amide bonds. The Kier molecular flexibility index (Phi) is 5.33. The smallest absolute Gasteiger partial charge is 0.254 e. The third-order valence-corrected chi connectivity index (χ3v) is 5.00. The Morgan fingerprint density at radius 3 is 2.79 bits per heavy atom. The SMILES string of the molecule is NC(=O)c1cccnc1OC1CCN(C(=O)CC2CCCCC2)C1. The number of aromatic nitrogens is 1. The monoisotopic (exact) mass is 331 g/mol. The van der Waals surface area contributed by atoms with Crippen LogP contribution in [0.1, 0.15) is 55.3 Å². The Bertz CT molecular complexity index is 599. The summed E-state index contributed by atoms with van der Waals surface area (Å²) in [5, 5.41) is 0. The van der Waals surface area contributed by atoms with Crippen LogP contribution in [0.5, 0.6) is 5.88 Å². The van der Waals surface area contributed by atoms with Gasteiger partial charge in [-0.05, 0) is 30.9 Å². The third-order valence-electron chi connectivity index (χ3n) is 5.00. The van der Waals surface area contributed by atoms with E-state index in [0.29, 0.717) is 25.4 Å². The van der Waals surface area contributed by atoms with E-state index < -0.39 is 5.91 Å². The number of hydrogen-bond acceptors (Lipinski definition) is 4. The van der Waals surface area contributed by atoms with Gasteiger partial charge in [-0.2, -0.15) is 0 Å². The van der Waals surface area contributed by atoms with Crippen LogP contribution in [0.3, 0.4) is 0 Å². The third kappa shape index (κ3) is 4.04. The van der Waals surface area contributed by atoms with Gasteiger partial charge >= 0.3 is 0 Å². The lowest BCUT2D eigenvalue weighted by atomic mass is 9.87. The van der Waals surface area contributed by atoms with Crippen molar-refractivity contribution in [2.45, 2.75) is 51.0 Å². The van der Waals surface area contributed by atoms with Gasteiger partial charge in [-0.25, -0.2) is 4.98 Å². The van der Waals surface area contributed by atoms with E-state index in [0.717, 1.165) is 6.42 Å². The number of primary amides is 1. The van der Waals surface area contributed by atoms with Crippen LogP contribution in [0.2, 0.25) is 0 Å². The number of ether oxygens (including phenoxy) is 1. The van der Waals surface area contributed by atoms with Gasteiger partial charge < -0.3 is 15.4 Å². The normalized spacial score (nSPS) is 21.7. The molecular weight excluding hydrogens is 306 g/mol. The van der Waals surface area contributed by atoms with E-state index in [4.69, 9.17) is 10.5 Å². The average Bonchev–Trinajstić information content (AvgIpc) is 3.05. The van der Waals surface area contributed by atoms with Gasteiger partial charge in [0, 0.05) is 25.6 Å². The number of likely N-dealkylation sites (tertiary alicyclic amines) is 1. The molecule has 2 fully saturated rings. The fourth-order valence-electron chi connectivity index (χ4n) is 3.65. The second-order valence-corrected chi connectivity index (χ2v) is 6.80. The molecule has 6 heteroatoms. The molecule has 3 rings (SSSR count). The predicted octanol–water partition coefficient (Wildman–Crippen LogP) is 2.13. The van der Waals surface area contributed by atoms with Crippen LogP contribution in [-0.2, 0) is 4.79 Å². The Hall–Kier alpha value is -2.11. The summed E-state index contributed by atoms with van der Waals surface area (Å²) in [7, 11) is 0. The van der Waals surface area contributed by atoms with Crippen LogP contribution in [0.15, 0.2) is 18.3 Å². The van der Waals surface area contributed by atoms with E-state index in [1.54, 1.807) is 18.3 Å². The first kappa shape index (κ1) is 16.7. The van der Waals surface area contributed by atoms with Crippen LogP contribution in [-0.4, -0.2) is 40.9 Å². The van der Waals surface area contributed by atoms with Crippen molar-refractivity contribution < 1.29 is 14.3 Å². The van der Waals surface area contributed by atoms with E-state index in [1.165, 1.54) is 32.1 Å². The number of carbonyl (C=O) groups is 2. The minimum absolute atomic E-state index is 0.131. The molecule has 130 valence electrons. The molecule has 24 heavy (non-hydrogen) atoms. The molecule has 1 aromatic heterocycles. The van der Waals surface area contributed by atoms with Crippen LogP contribution < -0.4 is 10.5 Å². The van der Waals surface area contributed by atoms with Crippen molar-refractivity contribution in [2.75, 3.05) is 13.1 Å². The van der Waals surface area contributed by atoms with Crippen molar-refractivity contribution in [3.63, 3.8) is 0 Å². The van der Waals surface area contributed by atoms with Crippen molar-refractivity contribution >= 4 is 11.8 Å². The van der Waals surface area contributed by atoms with Crippen molar-refractivity contribution in [3.05, 3.63) is 23.9 Å². The van der Waals surface area contributed by atoms with Crippen LogP contribution >= 0.6 is 0 Å². The van der Waals surface area contributed by atoms with Gasteiger partial charge in [-0.15, -0.1) is 0 Å². The Morgan fingerprint density at radius 1 is 1.25 bits per heavy atom. The number of nitrogens with two attached hydrogens (primary N) is 1. The van der Waals surface area contributed by atoms with Crippen molar-refractivity contribution in [1.82, 2.24) is 9.88 Å². The predicted molar refractivity (Wildman–Crippen MR) is 89.6 cm³/mol. The maximum absolute atomic E-state index is 12.5. The summed E-state index contributed by atoms with van der Waals surface area (Å²) in [6.07, 6.45) is 9.00. The van der Waals surface area contributed by atoms with Crippen molar-refractivity contribution in [2.24, 2.45) is 11.7 Å². The average molecular weight is 331 g/mol. The van der Waals surface area contributed by atoms with E-state index in [-0.39, 0.29) is 23.5 Å². The number of pyridine rings is 1. The molecule has 1 atom stereocenters. The zero-order valence-corrected chi connectivity index (χ0v) is 13.9. The molecule has 1 aromatic rings. The lowest BCUT2D eigenvalue weighted by Gasteiger charge is -2.24. The zero-order chi connectivity index (χ0) is 16.9. The van der Waals surface area contributed by atoms with Gasteiger partial charge in [0.05, 0.1) is 6.54 Å². The summed E-state index contributed by atoms with van der Waals surface area (Å²) in [6, 6.07) is 3.26. The first-order valence-electron chi connectivity index (χ1n) is 8.82. The quantitative estimate of drug-likeness (QED) is 0.895. The minimum atomic E-state index is -0.554. The summed E-state index contributed by atoms with van der Waals surface area (Å²) in [6.45, 7) is 1.26. The fourth-order valence-corrected chi connectivity index (χ4v) is 3.65.